The number of hydrogen-bond acceptors (Lipinski definition) is 3. The van der Waals surface area contributed by atoms with Crippen molar-refractivity contribution in [3.63, 3.8) is 0 Å². The highest BCUT2D eigenvalue weighted by molar-refractivity contribution is 7.12. The summed E-state index contributed by atoms with van der Waals surface area (Å²) >= 11 is 1.81. The molecule has 0 saturated carbocycles. The van der Waals surface area contributed by atoms with Crippen molar-refractivity contribution in [2.24, 2.45) is 0 Å². The number of thiophene rings is 1. The second-order valence-corrected chi connectivity index (χ2v) is 7.15. The second kappa shape index (κ2) is 5.02. The lowest BCUT2D eigenvalue weighted by Crippen LogP contribution is -2.35. The molecule has 3 nitrogen and oxygen atoms in total. The Kier molecular flexibility index (Phi) is 3.78. The summed E-state index contributed by atoms with van der Waals surface area (Å²) in [4.78, 5) is 15.8. The van der Waals surface area contributed by atoms with E-state index in [9.17, 15) is 4.79 Å². The van der Waals surface area contributed by atoms with E-state index in [2.05, 4.69) is 37.8 Å². The quantitative estimate of drug-likeness (QED) is 0.915. The van der Waals surface area contributed by atoms with Gasteiger partial charge in [0, 0.05) is 16.3 Å². The smallest absolute Gasteiger partial charge is 0.320 e. The molecule has 1 N–H and O–H groups in total. The van der Waals surface area contributed by atoms with Crippen LogP contribution in [0.15, 0.2) is 12.1 Å². The molecule has 4 heteroatoms. The first kappa shape index (κ1) is 13.6. The molecule has 1 atom stereocenters. The molecule has 1 aliphatic heterocycles. The van der Waals surface area contributed by atoms with Crippen molar-refractivity contribution in [3.05, 3.63) is 21.9 Å². The number of likely N-dealkylation sites (tertiary alicyclic amines) is 1. The van der Waals surface area contributed by atoms with E-state index >= 15 is 0 Å². The minimum Gasteiger partial charge on any atom is -0.480 e. The lowest BCUT2D eigenvalue weighted by molar-refractivity contribution is -0.142. The highest BCUT2D eigenvalue weighted by Gasteiger charge is 2.30. The molecule has 2 heterocycles. The highest BCUT2D eigenvalue weighted by atomic mass is 32.1. The molecular weight excluding hydrogens is 246 g/mol. The minimum absolute atomic E-state index is 0.181. The summed E-state index contributed by atoms with van der Waals surface area (Å²) in [6, 6.07) is 4.03. The number of carbonyl (C=O) groups is 1. The molecule has 1 saturated heterocycles. The number of hydrogen-bond donors (Lipinski definition) is 1. The van der Waals surface area contributed by atoms with Gasteiger partial charge in [0.1, 0.15) is 6.04 Å². The molecule has 0 bridgehead atoms. The van der Waals surface area contributed by atoms with E-state index in [1.54, 1.807) is 11.3 Å². The van der Waals surface area contributed by atoms with Crippen molar-refractivity contribution in [2.75, 3.05) is 6.54 Å². The number of carboxylic acids is 1. The number of nitrogens with zero attached hydrogens (tertiary/aromatic N) is 1. The third-order valence-electron chi connectivity index (χ3n) is 3.41. The summed E-state index contributed by atoms with van der Waals surface area (Å²) < 4.78 is 0. The summed E-state index contributed by atoms with van der Waals surface area (Å²) in [6.07, 6.45) is 1.78. The van der Waals surface area contributed by atoms with E-state index in [4.69, 9.17) is 5.11 Å². The SMILES string of the molecule is CC(C)(C)c1ccc(CN2CCC[C@@H]2C(=O)O)s1. The van der Waals surface area contributed by atoms with E-state index in [0.29, 0.717) is 0 Å². The Hall–Kier alpha value is -0.870. The molecule has 0 radical (unpaired) electrons. The third kappa shape index (κ3) is 2.93. The maximum atomic E-state index is 11.1. The van der Waals surface area contributed by atoms with Gasteiger partial charge in [-0.2, -0.15) is 0 Å². The van der Waals surface area contributed by atoms with Gasteiger partial charge < -0.3 is 5.11 Å². The van der Waals surface area contributed by atoms with Crippen LogP contribution < -0.4 is 0 Å². The van der Waals surface area contributed by atoms with Crippen LogP contribution in [-0.2, 0) is 16.8 Å². The summed E-state index contributed by atoms with van der Waals surface area (Å²) in [7, 11) is 0. The Morgan fingerprint density at radius 2 is 2.22 bits per heavy atom. The Bertz CT molecular complexity index is 433. The van der Waals surface area contributed by atoms with Crippen LogP contribution >= 0.6 is 11.3 Å². The van der Waals surface area contributed by atoms with Gasteiger partial charge in [0.05, 0.1) is 0 Å². The average Bonchev–Trinajstić information content (AvgIpc) is 2.85. The Balaban J connectivity index is 2.05. The van der Waals surface area contributed by atoms with Crippen molar-refractivity contribution in [1.29, 1.82) is 0 Å². The van der Waals surface area contributed by atoms with Crippen molar-refractivity contribution in [2.45, 2.75) is 51.6 Å². The van der Waals surface area contributed by atoms with E-state index in [0.717, 1.165) is 25.9 Å². The fourth-order valence-corrected chi connectivity index (χ4v) is 3.45. The zero-order valence-corrected chi connectivity index (χ0v) is 12.1. The minimum atomic E-state index is -0.680. The summed E-state index contributed by atoms with van der Waals surface area (Å²) in [5.74, 6) is -0.680. The molecule has 0 spiro atoms. The first-order chi connectivity index (χ1) is 8.38. The molecule has 1 fully saturated rings. The molecule has 1 aromatic heterocycles. The monoisotopic (exact) mass is 267 g/mol. The largest absolute Gasteiger partial charge is 0.480 e. The summed E-state index contributed by atoms with van der Waals surface area (Å²) in [5.41, 5.74) is 0.181. The van der Waals surface area contributed by atoms with Crippen molar-refractivity contribution >= 4 is 17.3 Å². The van der Waals surface area contributed by atoms with Crippen LogP contribution in [0.5, 0.6) is 0 Å². The number of rotatable bonds is 3. The number of aliphatic carboxylic acids is 1. The summed E-state index contributed by atoms with van der Waals surface area (Å²) in [6.45, 7) is 8.30. The predicted molar refractivity (Wildman–Crippen MR) is 74.1 cm³/mol. The Morgan fingerprint density at radius 1 is 1.50 bits per heavy atom. The average molecular weight is 267 g/mol. The molecule has 1 aliphatic rings. The Labute approximate surface area is 112 Å². The van der Waals surface area contributed by atoms with Gasteiger partial charge in [0.2, 0.25) is 0 Å². The fourth-order valence-electron chi connectivity index (χ4n) is 2.36. The van der Waals surface area contributed by atoms with Gasteiger partial charge in [0.15, 0.2) is 0 Å². The number of carboxylic acid groups (broad SMARTS) is 1. The molecular formula is C14H21NO2S. The van der Waals surface area contributed by atoms with Crippen molar-refractivity contribution in [1.82, 2.24) is 4.90 Å². The van der Waals surface area contributed by atoms with Crippen LogP contribution in [0.1, 0.15) is 43.4 Å². The molecule has 1 aromatic rings. The molecule has 0 aliphatic carbocycles. The molecule has 2 rings (SSSR count). The lowest BCUT2D eigenvalue weighted by atomic mass is 9.95. The molecule has 0 aromatic carbocycles. The first-order valence-corrected chi connectivity index (χ1v) is 7.25. The van der Waals surface area contributed by atoms with Crippen LogP contribution in [0.2, 0.25) is 0 Å². The van der Waals surface area contributed by atoms with E-state index < -0.39 is 5.97 Å². The van der Waals surface area contributed by atoms with Gasteiger partial charge in [-0.05, 0) is 36.9 Å². The van der Waals surface area contributed by atoms with Gasteiger partial charge in [-0.1, -0.05) is 20.8 Å². The van der Waals surface area contributed by atoms with Crippen LogP contribution in [0.4, 0.5) is 0 Å². The summed E-state index contributed by atoms with van der Waals surface area (Å²) in [5, 5.41) is 9.16. The van der Waals surface area contributed by atoms with E-state index in [1.165, 1.54) is 9.75 Å². The topological polar surface area (TPSA) is 40.5 Å². The standard InChI is InChI=1S/C14H21NO2S/c1-14(2,3)12-7-6-10(18-12)9-15-8-4-5-11(15)13(16)17/h6-7,11H,4-5,8-9H2,1-3H3,(H,16,17)/t11-/m1/s1. The predicted octanol–water partition coefficient (Wildman–Crippen LogP) is 3.09. The van der Waals surface area contributed by atoms with Gasteiger partial charge >= 0.3 is 5.97 Å². The van der Waals surface area contributed by atoms with Crippen LogP contribution in [0.25, 0.3) is 0 Å². The molecule has 18 heavy (non-hydrogen) atoms. The van der Waals surface area contributed by atoms with E-state index in [1.807, 2.05) is 0 Å². The molecule has 0 unspecified atom stereocenters. The highest BCUT2D eigenvalue weighted by Crippen LogP contribution is 2.31. The van der Waals surface area contributed by atoms with Crippen LogP contribution in [-0.4, -0.2) is 28.6 Å². The lowest BCUT2D eigenvalue weighted by Gasteiger charge is -2.20. The van der Waals surface area contributed by atoms with Gasteiger partial charge in [-0.15, -0.1) is 11.3 Å². The normalized spacial score (nSPS) is 21.4. The molecule has 0 amide bonds. The van der Waals surface area contributed by atoms with Crippen molar-refractivity contribution < 1.29 is 9.90 Å². The fraction of sp³-hybridized carbons (Fsp3) is 0.643. The van der Waals surface area contributed by atoms with E-state index in [-0.39, 0.29) is 11.5 Å². The first-order valence-electron chi connectivity index (χ1n) is 6.44. The van der Waals surface area contributed by atoms with Crippen LogP contribution in [0, 0.1) is 0 Å². The van der Waals surface area contributed by atoms with Gasteiger partial charge in [0.25, 0.3) is 0 Å². The maximum Gasteiger partial charge on any atom is 0.320 e. The zero-order chi connectivity index (χ0) is 13.3. The maximum absolute atomic E-state index is 11.1. The van der Waals surface area contributed by atoms with Gasteiger partial charge in [-0.25, -0.2) is 0 Å². The Morgan fingerprint density at radius 3 is 2.78 bits per heavy atom. The molecule has 100 valence electrons. The van der Waals surface area contributed by atoms with Crippen molar-refractivity contribution in [3.8, 4) is 0 Å². The van der Waals surface area contributed by atoms with Crippen LogP contribution in [0.3, 0.4) is 0 Å². The zero-order valence-electron chi connectivity index (χ0n) is 11.3. The third-order valence-corrected chi connectivity index (χ3v) is 4.90. The second-order valence-electron chi connectivity index (χ2n) is 5.98. The van der Waals surface area contributed by atoms with Gasteiger partial charge in [-0.3, -0.25) is 9.69 Å².